The minimum Gasteiger partial charge on any atom is -0.493 e. The molecule has 0 aliphatic heterocycles. The van der Waals surface area contributed by atoms with Crippen LogP contribution in [0.1, 0.15) is 5.56 Å². The van der Waals surface area contributed by atoms with E-state index in [2.05, 4.69) is 13.0 Å². The summed E-state index contributed by atoms with van der Waals surface area (Å²) < 4.78 is 17.0. The molecule has 0 aliphatic rings. The second-order valence-corrected chi connectivity index (χ2v) is 6.51. The molecular formula is C24H21NO3. The fraction of sp³-hybridized carbons (Fsp3) is 0.125. The van der Waals surface area contributed by atoms with E-state index in [0.29, 0.717) is 17.3 Å². The van der Waals surface area contributed by atoms with Crippen LogP contribution in [0, 0.1) is 6.92 Å². The summed E-state index contributed by atoms with van der Waals surface area (Å²) >= 11 is 0. The molecule has 4 aromatic rings. The number of hydrogen-bond acceptors (Lipinski definition) is 4. The Morgan fingerprint density at radius 2 is 1.57 bits per heavy atom. The molecule has 3 aromatic carbocycles. The van der Waals surface area contributed by atoms with Crippen molar-refractivity contribution in [2.45, 2.75) is 6.92 Å². The number of benzene rings is 3. The van der Waals surface area contributed by atoms with Crippen molar-refractivity contribution in [2.24, 2.45) is 4.99 Å². The normalized spacial score (nSPS) is 11.6. The van der Waals surface area contributed by atoms with E-state index in [0.717, 1.165) is 33.1 Å². The van der Waals surface area contributed by atoms with E-state index in [1.807, 2.05) is 66.7 Å². The van der Waals surface area contributed by atoms with Gasteiger partial charge in [0, 0.05) is 17.0 Å². The summed E-state index contributed by atoms with van der Waals surface area (Å²) in [5, 5.41) is 1.84. The lowest BCUT2D eigenvalue weighted by Crippen LogP contribution is -2.03. The van der Waals surface area contributed by atoms with Gasteiger partial charge in [0.25, 0.3) is 0 Å². The van der Waals surface area contributed by atoms with E-state index in [1.165, 1.54) is 0 Å². The monoisotopic (exact) mass is 371 g/mol. The molecule has 1 heterocycles. The lowest BCUT2D eigenvalue weighted by molar-refractivity contribution is 0.355. The van der Waals surface area contributed by atoms with E-state index in [1.54, 1.807) is 14.2 Å². The van der Waals surface area contributed by atoms with E-state index < -0.39 is 0 Å². The maximum Gasteiger partial charge on any atom is 0.161 e. The van der Waals surface area contributed by atoms with Crippen LogP contribution >= 0.6 is 0 Å². The van der Waals surface area contributed by atoms with E-state index >= 15 is 0 Å². The molecule has 4 nitrogen and oxygen atoms in total. The fourth-order valence-electron chi connectivity index (χ4n) is 3.15. The first-order valence-electron chi connectivity index (χ1n) is 9.04. The average molecular weight is 371 g/mol. The summed E-state index contributed by atoms with van der Waals surface area (Å²) in [5.41, 5.74) is 3.73. The van der Waals surface area contributed by atoms with Gasteiger partial charge in [-0.3, -0.25) is 0 Å². The van der Waals surface area contributed by atoms with E-state index in [9.17, 15) is 0 Å². The van der Waals surface area contributed by atoms with Crippen LogP contribution in [0.25, 0.3) is 22.3 Å². The van der Waals surface area contributed by atoms with Crippen LogP contribution in [0.5, 0.6) is 11.5 Å². The lowest BCUT2D eigenvalue weighted by atomic mass is 10.1. The highest BCUT2D eigenvalue weighted by atomic mass is 16.5. The highest BCUT2D eigenvalue weighted by molar-refractivity contribution is 5.79. The number of methoxy groups -OCH3 is 2. The summed E-state index contributed by atoms with van der Waals surface area (Å²) in [6, 6.07) is 23.7. The number of aryl methyl sites for hydroxylation is 1. The molecule has 0 bridgehead atoms. The Labute approximate surface area is 163 Å². The quantitative estimate of drug-likeness (QED) is 0.465. The molecule has 0 saturated carbocycles. The SMILES string of the molecule is COc1ccc(-c2cc(=Nc3ccccc3)c3cc(C)ccc3o2)cc1OC. The van der Waals surface area contributed by atoms with Crippen LogP contribution in [-0.4, -0.2) is 14.2 Å². The maximum atomic E-state index is 6.20. The molecule has 0 fully saturated rings. The summed E-state index contributed by atoms with van der Waals surface area (Å²) in [6.45, 7) is 2.06. The molecule has 0 amide bonds. The average Bonchev–Trinajstić information content (AvgIpc) is 2.74. The molecule has 0 spiro atoms. The molecule has 0 N–H and O–H groups in total. The molecule has 140 valence electrons. The van der Waals surface area contributed by atoms with Gasteiger partial charge in [0.1, 0.15) is 11.3 Å². The first kappa shape index (κ1) is 17.9. The van der Waals surface area contributed by atoms with Crippen molar-refractivity contribution >= 4 is 16.7 Å². The summed E-state index contributed by atoms with van der Waals surface area (Å²) in [6.07, 6.45) is 0. The Morgan fingerprint density at radius 1 is 0.786 bits per heavy atom. The highest BCUT2D eigenvalue weighted by Crippen LogP contribution is 2.33. The van der Waals surface area contributed by atoms with Crippen LogP contribution < -0.4 is 14.8 Å². The van der Waals surface area contributed by atoms with Crippen LogP contribution in [0.4, 0.5) is 5.69 Å². The highest BCUT2D eigenvalue weighted by Gasteiger charge is 2.10. The van der Waals surface area contributed by atoms with Gasteiger partial charge >= 0.3 is 0 Å². The number of fused-ring (bicyclic) bond motifs is 1. The Morgan fingerprint density at radius 3 is 2.32 bits per heavy atom. The lowest BCUT2D eigenvalue weighted by Gasteiger charge is -2.10. The second kappa shape index (κ2) is 7.61. The predicted octanol–water partition coefficient (Wildman–Crippen LogP) is 5.66. The van der Waals surface area contributed by atoms with Crippen molar-refractivity contribution in [3.63, 3.8) is 0 Å². The maximum absolute atomic E-state index is 6.20. The Balaban J connectivity index is 1.96. The van der Waals surface area contributed by atoms with E-state index in [-0.39, 0.29) is 0 Å². The van der Waals surface area contributed by atoms with Gasteiger partial charge in [-0.15, -0.1) is 0 Å². The molecule has 0 saturated heterocycles. The zero-order chi connectivity index (χ0) is 19.5. The largest absolute Gasteiger partial charge is 0.493 e. The molecule has 4 rings (SSSR count). The molecule has 0 unspecified atom stereocenters. The van der Waals surface area contributed by atoms with Gasteiger partial charge in [0.15, 0.2) is 11.5 Å². The number of nitrogens with zero attached hydrogens (tertiary/aromatic N) is 1. The molecule has 4 heteroatoms. The Kier molecular flexibility index (Phi) is 4.85. The number of hydrogen-bond donors (Lipinski definition) is 0. The summed E-state index contributed by atoms with van der Waals surface area (Å²) in [7, 11) is 3.25. The first-order valence-corrected chi connectivity index (χ1v) is 9.04. The minimum absolute atomic E-state index is 0.653. The predicted molar refractivity (Wildman–Crippen MR) is 111 cm³/mol. The number of rotatable bonds is 4. The van der Waals surface area contributed by atoms with Crippen molar-refractivity contribution in [2.75, 3.05) is 14.2 Å². The van der Waals surface area contributed by atoms with Gasteiger partial charge in [0.05, 0.1) is 25.3 Å². The number of para-hydroxylation sites is 1. The third kappa shape index (κ3) is 3.49. The van der Waals surface area contributed by atoms with Gasteiger partial charge < -0.3 is 13.9 Å². The Hall–Kier alpha value is -3.53. The number of ether oxygens (including phenoxy) is 2. The molecule has 0 atom stereocenters. The first-order chi connectivity index (χ1) is 13.7. The van der Waals surface area contributed by atoms with E-state index in [4.69, 9.17) is 18.9 Å². The fourth-order valence-corrected chi connectivity index (χ4v) is 3.15. The van der Waals surface area contributed by atoms with Crippen molar-refractivity contribution < 1.29 is 13.9 Å². The van der Waals surface area contributed by atoms with Crippen LogP contribution in [0.15, 0.2) is 82.2 Å². The molecule has 0 aliphatic carbocycles. The van der Waals surface area contributed by atoms with Crippen LogP contribution in [0.2, 0.25) is 0 Å². The third-order valence-electron chi connectivity index (χ3n) is 4.57. The third-order valence-corrected chi connectivity index (χ3v) is 4.57. The van der Waals surface area contributed by atoms with Gasteiger partial charge in [-0.2, -0.15) is 0 Å². The van der Waals surface area contributed by atoms with Gasteiger partial charge in [-0.1, -0.05) is 29.8 Å². The molecule has 1 aromatic heterocycles. The van der Waals surface area contributed by atoms with Gasteiger partial charge in [0.2, 0.25) is 0 Å². The Bertz CT molecular complexity index is 1190. The zero-order valence-electron chi connectivity index (χ0n) is 16.1. The summed E-state index contributed by atoms with van der Waals surface area (Å²) in [4.78, 5) is 4.86. The standard InChI is InChI=1S/C24H21NO3/c1-16-9-11-21-19(13-16)20(25-18-7-5-4-6-8-18)15-23(28-21)17-10-12-22(26-2)24(14-17)27-3/h4-15H,1-3H3. The zero-order valence-corrected chi connectivity index (χ0v) is 16.1. The van der Waals surface area contributed by atoms with Gasteiger partial charge in [-0.25, -0.2) is 4.99 Å². The van der Waals surface area contributed by atoms with Crippen molar-refractivity contribution in [3.05, 3.63) is 83.7 Å². The summed E-state index contributed by atoms with van der Waals surface area (Å²) in [5.74, 6) is 2.05. The van der Waals surface area contributed by atoms with Crippen molar-refractivity contribution in [3.8, 4) is 22.8 Å². The molecule has 28 heavy (non-hydrogen) atoms. The van der Waals surface area contributed by atoms with Gasteiger partial charge in [-0.05, 0) is 49.4 Å². The topological polar surface area (TPSA) is 44.0 Å². The molecular weight excluding hydrogens is 350 g/mol. The second-order valence-electron chi connectivity index (χ2n) is 6.51. The van der Waals surface area contributed by atoms with Crippen LogP contribution in [0.3, 0.4) is 0 Å². The van der Waals surface area contributed by atoms with Crippen molar-refractivity contribution in [1.29, 1.82) is 0 Å². The minimum atomic E-state index is 0.653. The van der Waals surface area contributed by atoms with Crippen LogP contribution in [-0.2, 0) is 0 Å². The molecule has 0 radical (unpaired) electrons. The smallest absolute Gasteiger partial charge is 0.161 e. The van der Waals surface area contributed by atoms with Crippen molar-refractivity contribution in [1.82, 2.24) is 0 Å².